The predicted octanol–water partition coefficient (Wildman–Crippen LogP) is 3.48. The summed E-state index contributed by atoms with van der Waals surface area (Å²) in [7, 11) is 0. The Balaban J connectivity index is 1.91. The maximum absolute atomic E-state index is 13.7. The second-order valence-electron chi connectivity index (χ2n) is 4.34. The molecule has 16 heavy (non-hydrogen) atoms. The van der Waals surface area contributed by atoms with Crippen LogP contribution >= 0.6 is 0 Å². The molecule has 1 aromatic carbocycles. The molecule has 1 fully saturated rings. The van der Waals surface area contributed by atoms with Gasteiger partial charge in [-0.3, -0.25) is 4.90 Å². The van der Waals surface area contributed by atoms with Gasteiger partial charge >= 0.3 is 0 Å². The van der Waals surface area contributed by atoms with E-state index in [0.29, 0.717) is 6.54 Å². The highest BCUT2D eigenvalue weighted by Crippen LogP contribution is 2.13. The third-order valence-electron chi connectivity index (χ3n) is 2.95. The molecule has 2 rings (SSSR count). The highest BCUT2D eigenvalue weighted by molar-refractivity contribution is 5.51. The number of benzene rings is 1. The zero-order chi connectivity index (χ0) is 11.2. The van der Waals surface area contributed by atoms with Gasteiger partial charge in [0, 0.05) is 0 Å². The quantitative estimate of drug-likeness (QED) is 0.752. The van der Waals surface area contributed by atoms with Crippen LogP contribution in [0, 0.1) is 0 Å². The Kier molecular flexibility index (Phi) is 4.11. The highest BCUT2D eigenvalue weighted by atomic mass is 19.1. The van der Waals surface area contributed by atoms with Crippen molar-refractivity contribution < 1.29 is 4.39 Å². The summed E-state index contributed by atoms with van der Waals surface area (Å²) < 4.78 is 13.7. The SMILES string of the molecule is F/C(=C/c1ccccc1)CN1CCCCC1. The summed E-state index contributed by atoms with van der Waals surface area (Å²) in [6, 6.07) is 9.66. The fourth-order valence-corrected chi connectivity index (χ4v) is 2.11. The first-order valence-corrected chi connectivity index (χ1v) is 5.98. The van der Waals surface area contributed by atoms with Crippen molar-refractivity contribution in [1.82, 2.24) is 4.90 Å². The van der Waals surface area contributed by atoms with Crippen LogP contribution in [0.1, 0.15) is 24.8 Å². The number of likely N-dealkylation sites (tertiary alicyclic amines) is 1. The predicted molar refractivity (Wildman–Crippen MR) is 65.8 cm³/mol. The van der Waals surface area contributed by atoms with Gasteiger partial charge in [0.15, 0.2) is 0 Å². The van der Waals surface area contributed by atoms with Crippen LogP contribution < -0.4 is 0 Å². The molecule has 0 amide bonds. The molecule has 0 radical (unpaired) electrons. The van der Waals surface area contributed by atoms with Crippen LogP contribution in [0.5, 0.6) is 0 Å². The summed E-state index contributed by atoms with van der Waals surface area (Å²) in [4.78, 5) is 2.19. The standard InChI is InChI=1S/C14H18FN/c15-14(11-13-7-3-1-4-8-13)12-16-9-5-2-6-10-16/h1,3-4,7-8,11H,2,5-6,9-10,12H2/b14-11+. The molecule has 0 aliphatic carbocycles. The maximum atomic E-state index is 13.7. The summed E-state index contributed by atoms with van der Waals surface area (Å²) in [5.74, 6) is -0.0342. The average Bonchev–Trinajstić information content (AvgIpc) is 2.31. The van der Waals surface area contributed by atoms with Crippen molar-refractivity contribution in [2.75, 3.05) is 19.6 Å². The molecule has 0 aromatic heterocycles. The Bertz CT molecular complexity index is 339. The monoisotopic (exact) mass is 219 g/mol. The Morgan fingerprint density at radius 1 is 1.12 bits per heavy atom. The minimum absolute atomic E-state index is 0.0342. The molecule has 0 atom stereocenters. The minimum atomic E-state index is -0.0342. The average molecular weight is 219 g/mol. The molecular weight excluding hydrogens is 201 g/mol. The molecule has 1 aromatic rings. The number of rotatable bonds is 3. The lowest BCUT2D eigenvalue weighted by molar-refractivity contribution is 0.234. The Hall–Kier alpha value is -1.15. The van der Waals surface area contributed by atoms with E-state index >= 15 is 0 Å². The van der Waals surface area contributed by atoms with E-state index in [1.54, 1.807) is 6.08 Å². The van der Waals surface area contributed by atoms with Crippen LogP contribution in [0.3, 0.4) is 0 Å². The second kappa shape index (κ2) is 5.80. The van der Waals surface area contributed by atoms with E-state index in [0.717, 1.165) is 18.7 Å². The Morgan fingerprint density at radius 2 is 1.81 bits per heavy atom. The third-order valence-corrected chi connectivity index (χ3v) is 2.95. The van der Waals surface area contributed by atoms with E-state index in [-0.39, 0.29) is 5.83 Å². The fourth-order valence-electron chi connectivity index (χ4n) is 2.11. The number of piperidine rings is 1. The van der Waals surface area contributed by atoms with Crippen LogP contribution in [0.15, 0.2) is 36.2 Å². The molecular formula is C14H18FN. The molecule has 0 saturated carbocycles. The first-order chi connectivity index (χ1) is 7.84. The van der Waals surface area contributed by atoms with Gasteiger partial charge in [-0.05, 0) is 37.6 Å². The van der Waals surface area contributed by atoms with Gasteiger partial charge in [0.25, 0.3) is 0 Å². The van der Waals surface area contributed by atoms with Crippen molar-refractivity contribution in [3.05, 3.63) is 41.7 Å². The van der Waals surface area contributed by atoms with Gasteiger partial charge in [-0.25, -0.2) is 4.39 Å². The second-order valence-corrected chi connectivity index (χ2v) is 4.34. The third kappa shape index (κ3) is 3.46. The zero-order valence-electron chi connectivity index (χ0n) is 9.53. The molecule has 0 unspecified atom stereocenters. The fraction of sp³-hybridized carbons (Fsp3) is 0.429. The molecule has 1 heterocycles. The van der Waals surface area contributed by atoms with E-state index in [2.05, 4.69) is 4.90 Å². The Morgan fingerprint density at radius 3 is 2.50 bits per heavy atom. The van der Waals surface area contributed by atoms with Gasteiger partial charge < -0.3 is 0 Å². The maximum Gasteiger partial charge on any atom is 0.114 e. The van der Waals surface area contributed by atoms with Gasteiger partial charge in [-0.1, -0.05) is 36.8 Å². The first kappa shape index (κ1) is 11.3. The van der Waals surface area contributed by atoms with Crippen LogP contribution in [0.25, 0.3) is 6.08 Å². The molecule has 86 valence electrons. The molecule has 2 heteroatoms. The van der Waals surface area contributed by atoms with Gasteiger partial charge in [0.1, 0.15) is 5.83 Å². The van der Waals surface area contributed by atoms with Gasteiger partial charge in [0.2, 0.25) is 0 Å². The van der Waals surface area contributed by atoms with E-state index in [1.807, 2.05) is 30.3 Å². The van der Waals surface area contributed by atoms with Crippen LogP contribution in [0.4, 0.5) is 4.39 Å². The van der Waals surface area contributed by atoms with Gasteiger partial charge in [-0.2, -0.15) is 0 Å². The summed E-state index contributed by atoms with van der Waals surface area (Å²) in [6.07, 6.45) is 5.34. The summed E-state index contributed by atoms with van der Waals surface area (Å²) in [5, 5.41) is 0. The highest BCUT2D eigenvalue weighted by Gasteiger charge is 2.11. The molecule has 1 nitrogen and oxygen atoms in total. The van der Waals surface area contributed by atoms with Crippen molar-refractivity contribution >= 4 is 6.08 Å². The lowest BCUT2D eigenvalue weighted by atomic mass is 10.1. The normalized spacial score (nSPS) is 18.7. The number of nitrogens with zero attached hydrogens (tertiary/aromatic N) is 1. The molecule has 1 aliphatic heterocycles. The lowest BCUT2D eigenvalue weighted by Gasteiger charge is -2.25. The number of hydrogen-bond donors (Lipinski definition) is 0. The molecule has 1 saturated heterocycles. The molecule has 1 aliphatic rings. The largest absolute Gasteiger partial charge is 0.297 e. The van der Waals surface area contributed by atoms with Crippen molar-refractivity contribution in [3.63, 3.8) is 0 Å². The molecule has 0 N–H and O–H groups in total. The first-order valence-electron chi connectivity index (χ1n) is 5.98. The molecule has 0 spiro atoms. The van der Waals surface area contributed by atoms with Crippen molar-refractivity contribution in [2.24, 2.45) is 0 Å². The number of halogens is 1. The van der Waals surface area contributed by atoms with Gasteiger partial charge in [-0.15, -0.1) is 0 Å². The zero-order valence-corrected chi connectivity index (χ0v) is 9.53. The van der Waals surface area contributed by atoms with Crippen molar-refractivity contribution in [1.29, 1.82) is 0 Å². The van der Waals surface area contributed by atoms with Crippen LogP contribution in [0.2, 0.25) is 0 Å². The Labute approximate surface area is 96.6 Å². The van der Waals surface area contributed by atoms with E-state index in [1.165, 1.54) is 19.3 Å². The van der Waals surface area contributed by atoms with E-state index < -0.39 is 0 Å². The summed E-state index contributed by atoms with van der Waals surface area (Å²) in [5.41, 5.74) is 0.942. The van der Waals surface area contributed by atoms with Crippen LogP contribution in [-0.4, -0.2) is 24.5 Å². The van der Waals surface area contributed by atoms with Crippen molar-refractivity contribution in [2.45, 2.75) is 19.3 Å². The topological polar surface area (TPSA) is 3.24 Å². The smallest absolute Gasteiger partial charge is 0.114 e. The summed E-state index contributed by atoms with van der Waals surface area (Å²) >= 11 is 0. The van der Waals surface area contributed by atoms with E-state index in [9.17, 15) is 4.39 Å². The minimum Gasteiger partial charge on any atom is -0.297 e. The van der Waals surface area contributed by atoms with Gasteiger partial charge in [0.05, 0.1) is 6.54 Å². The lowest BCUT2D eigenvalue weighted by Crippen LogP contribution is -2.30. The summed E-state index contributed by atoms with van der Waals surface area (Å²) in [6.45, 7) is 2.54. The van der Waals surface area contributed by atoms with Crippen molar-refractivity contribution in [3.8, 4) is 0 Å². The molecule has 0 bridgehead atoms. The van der Waals surface area contributed by atoms with Crippen LogP contribution in [-0.2, 0) is 0 Å². The number of hydrogen-bond acceptors (Lipinski definition) is 1. The van der Waals surface area contributed by atoms with E-state index in [4.69, 9.17) is 0 Å².